The van der Waals surface area contributed by atoms with Crippen molar-refractivity contribution in [2.75, 3.05) is 17.2 Å². The van der Waals surface area contributed by atoms with Crippen molar-refractivity contribution in [2.24, 2.45) is 0 Å². The number of nitrogens with zero attached hydrogens (tertiary/aromatic N) is 4. The molecule has 0 aliphatic heterocycles. The predicted octanol–water partition coefficient (Wildman–Crippen LogP) is 1.63. The maximum Gasteiger partial charge on any atom is 0.412 e. The van der Waals surface area contributed by atoms with Crippen LogP contribution in [0.2, 0.25) is 0 Å². The van der Waals surface area contributed by atoms with Gasteiger partial charge in [0.25, 0.3) is 5.91 Å². The molecular weight excluding hydrogens is 316 g/mol. The number of nitrogens with one attached hydrogen (secondary N) is 2. The van der Waals surface area contributed by atoms with Crippen LogP contribution in [-0.4, -0.2) is 38.6 Å². The van der Waals surface area contributed by atoms with Crippen LogP contribution in [0.4, 0.5) is 16.6 Å². The van der Waals surface area contributed by atoms with Crippen molar-refractivity contribution >= 4 is 34.9 Å². The molecule has 10 nitrogen and oxygen atoms in total. The molecule has 24 heavy (non-hydrogen) atoms. The molecular formula is C14H14N6O4. The molecule has 2 N–H and O–H groups in total. The smallest absolute Gasteiger partial charge is 0.412 e. The van der Waals surface area contributed by atoms with Gasteiger partial charge in [-0.3, -0.25) is 15.4 Å². The zero-order valence-electron chi connectivity index (χ0n) is 12.7. The van der Waals surface area contributed by atoms with Crippen molar-refractivity contribution in [3.63, 3.8) is 0 Å². The van der Waals surface area contributed by atoms with Gasteiger partial charge in [-0.05, 0) is 19.1 Å². The summed E-state index contributed by atoms with van der Waals surface area (Å²) in [5, 5.41) is 12.7. The van der Waals surface area contributed by atoms with Crippen LogP contribution in [0.1, 0.15) is 6.92 Å². The summed E-state index contributed by atoms with van der Waals surface area (Å²) in [5.74, 6) is -0.233. The number of fused-ring (bicyclic) bond motifs is 1. The Morgan fingerprint density at radius 2 is 2.12 bits per heavy atom. The van der Waals surface area contributed by atoms with Crippen LogP contribution in [-0.2, 0) is 16.1 Å². The number of benzene rings is 1. The van der Waals surface area contributed by atoms with Crippen molar-refractivity contribution in [3.8, 4) is 0 Å². The molecule has 0 aliphatic rings. The van der Waals surface area contributed by atoms with E-state index in [1.807, 2.05) is 12.1 Å². The van der Waals surface area contributed by atoms with Crippen LogP contribution in [0, 0.1) is 0 Å². The molecule has 124 valence electrons. The molecule has 2 heterocycles. The average molecular weight is 330 g/mol. The molecule has 0 aliphatic carbocycles. The Balaban J connectivity index is 1.58. The summed E-state index contributed by atoms with van der Waals surface area (Å²) in [7, 11) is 0. The number of carbonyl (C=O) groups excluding carboxylic acids is 2. The van der Waals surface area contributed by atoms with Gasteiger partial charge in [-0.1, -0.05) is 12.1 Å². The molecule has 0 atom stereocenters. The van der Waals surface area contributed by atoms with E-state index < -0.39 is 12.0 Å². The molecule has 0 spiro atoms. The zero-order valence-corrected chi connectivity index (χ0v) is 12.7. The highest BCUT2D eigenvalue weighted by molar-refractivity contribution is 5.89. The number of carbonyl (C=O) groups is 2. The first kappa shape index (κ1) is 15.5. The van der Waals surface area contributed by atoms with E-state index in [1.165, 1.54) is 6.20 Å². The molecule has 2 amide bonds. The second-order valence-electron chi connectivity index (χ2n) is 4.64. The number of para-hydroxylation sites is 2. The molecule has 0 saturated heterocycles. The molecule has 3 rings (SSSR count). The highest BCUT2D eigenvalue weighted by Crippen LogP contribution is 2.17. The maximum atomic E-state index is 12.0. The molecule has 0 fully saturated rings. The average Bonchev–Trinajstić information content (AvgIpc) is 3.13. The van der Waals surface area contributed by atoms with Gasteiger partial charge in [0.05, 0.1) is 12.8 Å². The van der Waals surface area contributed by atoms with Gasteiger partial charge in [0.1, 0.15) is 12.1 Å². The molecule has 0 radical (unpaired) electrons. The van der Waals surface area contributed by atoms with E-state index in [2.05, 4.69) is 25.8 Å². The lowest BCUT2D eigenvalue weighted by molar-refractivity contribution is -0.117. The van der Waals surface area contributed by atoms with Crippen LogP contribution < -0.4 is 10.6 Å². The van der Waals surface area contributed by atoms with Crippen molar-refractivity contribution in [1.29, 1.82) is 0 Å². The Morgan fingerprint density at radius 3 is 2.92 bits per heavy atom. The molecule has 10 heteroatoms. The Morgan fingerprint density at radius 1 is 1.29 bits per heavy atom. The summed E-state index contributed by atoms with van der Waals surface area (Å²) in [4.78, 5) is 28.5. The Kier molecular flexibility index (Phi) is 4.36. The maximum absolute atomic E-state index is 12.0. The van der Waals surface area contributed by atoms with Crippen LogP contribution >= 0.6 is 0 Å². The van der Waals surface area contributed by atoms with Crippen LogP contribution in [0.3, 0.4) is 0 Å². The van der Waals surface area contributed by atoms with E-state index in [0.717, 1.165) is 4.80 Å². The third-order valence-electron chi connectivity index (χ3n) is 2.87. The standard InChI is InChI=1S/C14H14N6O4/c1-2-23-14(22)17-11-7-15-20(19-11)8-12(21)18-13-16-9-5-3-4-6-10(9)24-13/h3-7H,2,8H2,1H3,(H,16,18,21)(H,17,19,22). The van der Waals surface area contributed by atoms with Crippen LogP contribution in [0.15, 0.2) is 34.9 Å². The minimum absolute atomic E-state index is 0.0956. The van der Waals surface area contributed by atoms with Crippen molar-refractivity contribution in [2.45, 2.75) is 13.5 Å². The van der Waals surface area contributed by atoms with Crippen molar-refractivity contribution < 1.29 is 18.7 Å². The molecule has 0 bridgehead atoms. The number of hydrogen-bond acceptors (Lipinski definition) is 7. The van der Waals surface area contributed by atoms with Gasteiger partial charge in [0.15, 0.2) is 11.4 Å². The summed E-state index contributed by atoms with van der Waals surface area (Å²) in [6.07, 6.45) is 0.671. The summed E-state index contributed by atoms with van der Waals surface area (Å²) < 4.78 is 10.1. The largest absolute Gasteiger partial charge is 0.450 e. The first-order valence-electron chi connectivity index (χ1n) is 7.13. The van der Waals surface area contributed by atoms with Gasteiger partial charge in [-0.25, -0.2) is 4.79 Å². The van der Waals surface area contributed by atoms with E-state index in [-0.39, 0.29) is 25.0 Å². The number of rotatable bonds is 5. The van der Waals surface area contributed by atoms with Crippen LogP contribution in [0.5, 0.6) is 0 Å². The third kappa shape index (κ3) is 3.66. The Labute approximate surface area is 135 Å². The fraction of sp³-hybridized carbons (Fsp3) is 0.214. The first-order chi connectivity index (χ1) is 11.6. The van der Waals surface area contributed by atoms with Gasteiger partial charge >= 0.3 is 12.1 Å². The fourth-order valence-corrected chi connectivity index (χ4v) is 1.92. The van der Waals surface area contributed by atoms with Gasteiger partial charge in [0, 0.05) is 0 Å². The van der Waals surface area contributed by atoms with E-state index in [9.17, 15) is 9.59 Å². The highest BCUT2D eigenvalue weighted by atomic mass is 16.5. The lowest BCUT2D eigenvalue weighted by Crippen LogP contribution is -2.21. The Bertz CT molecular complexity index is 838. The fourth-order valence-electron chi connectivity index (χ4n) is 1.92. The number of ether oxygens (including phenoxy) is 1. The Hall–Kier alpha value is -3.43. The van der Waals surface area contributed by atoms with Crippen molar-refractivity contribution in [1.82, 2.24) is 20.0 Å². The lowest BCUT2D eigenvalue weighted by Gasteiger charge is -2.01. The lowest BCUT2D eigenvalue weighted by atomic mass is 10.3. The number of amides is 2. The molecule has 1 aromatic carbocycles. The number of aromatic nitrogens is 4. The second kappa shape index (κ2) is 6.77. The topological polar surface area (TPSA) is 124 Å². The highest BCUT2D eigenvalue weighted by Gasteiger charge is 2.12. The van der Waals surface area contributed by atoms with Crippen LogP contribution in [0.25, 0.3) is 11.1 Å². The number of anilines is 2. The minimum Gasteiger partial charge on any atom is -0.450 e. The zero-order chi connectivity index (χ0) is 16.9. The SMILES string of the molecule is CCOC(=O)Nc1cnn(CC(=O)Nc2nc3ccccc3o2)n1. The number of hydrogen-bond donors (Lipinski definition) is 2. The van der Waals surface area contributed by atoms with E-state index >= 15 is 0 Å². The summed E-state index contributed by atoms with van der Waals surface area (Å²) >= 11 is 0. The van der Waals surface area contributed by atoms with Crippen molar-refractivity contribution in [3.05, 3.63) is 30.5 Å². The molecule has 3 aromatic rings. The number of oxazole rings is 1. The molecule has 0 saturated carbocycles. The van der Waals surface area contributed by atoms with Gasteiger partial charge in [-0.15, -0.1) is 5.10 Å². The summed E-state index contributed by atoms with van der Waals surface area (Å²) in [6, 6.07) is 7.25. The second-order valence-corrected chi connectivity index (χ2v) is 4.64. The predicted molar refractivity (Wildman–Crippen MR) is 83.3 cm³/mol. The van der Waals surface area contributed by atoms with E-state index in [4.69, 9.17) is 9.15 Å². The summed E-state index contributed by atoms with van der Waals surface area (Å²) in [5.41, 5.74) is 1.22. The quantitative estimate of drug-likeness (QED) is 0.728. The molecule has 2 aromatic heterocycles. The van der Waals surface area contributed by atoms with Gasteiger partial charge in [0.2, 0.25) is 0 Å². The third-order valence-corrected chi connectivity index (χ3v) is 2.87. The normalized spacial score (nSPS) is 10.5. The van der Waals surface area contributed by atoms with E-state index in [0.29, 0.717) is 11.1 Å². The van der Waals surface area contributed by atoms with Gasteiger partial charge in [-0.2, -0.15) is 14.9 Å². The monoisotopic (exact) mass is 330 g/mol. The molecule has 0 unspecified atom stereocenters. The first-order valence-corrected chi connectivity index (χ1v) is 7.13. The van der Waals surface area contributed by atoms with E-state index in [1.54, 1.807) is 19.1 Å². The minimum atomic E-state index is -0.638. The summed E-state index contributed by atoms with van der Waals surface area (Å²) in [6.45, 7) is 1.77. The van der Waals surface area contributed by atoms with Gasteiger partial charge < -0.3 is 9.15 Å².